The molecule has 3 rings (SSSR count). The van der Waals surface area contributed by atoms with Crippen molar-refractivity contribution in [2.45, 2.75) is 19.3 Å². The number of likely N-dealkylation sites (N-methyl/N-ethyl adjacent to an activating group) is 1. The van der Waals surface area contributed by atoms with Gasteiger partial charge in [-0.25, -0.2) is 4.79 Å². The lowest BCUT2D eigenvalue weighted by molar-refractivity contribution is -0.120. The molecule has 0 spiro atoms. The summed E-state index contributed by atoms with van der Waals surface area (Å²) in [5.74, 6) is 0.869. The molecule has 2 heterocycles. The van der Waals surface area contributed by atoms with E-state index in [1.54, 1.807) is 30.1 Å². The number of benzene rings is 1. The summed E-state index contributed by atoms with van der Waals surface area (Å²) in [6.45, 7) is 3.77. The van der Waals surface area contributed by atoms with Crippen molar-refractivity contribution < 1.29 is 19.4 Å². The molecule has 27 heavy (non-hydrogen) atoms. The second kappa shape index (κ2) is 9.05. The van der Waals surface area contributed by atoms with Crippen molar-refractivity contribution in [2.75, 3.05) is 56.7 Å². The Bertz CT molecular complexity index is 682. The van der Waals surface area contributed by atoms with Crippen LogP contribution >= 0.6 is 0 Å². The van der Waals surface area contributed by atoms with Gasteiger partial charge in [0.1, 0.15) is 5.75 Å². The molecule has 0 bridgehead atoms. The standard InChI is InChI=1S/C19H28N4O4/c1-22-16-6-5-15(10-17(16)27-13-18(22)25)21-19(26)20-7-3-9-23-8-2-4-14(11-23)12-24/h5-6,10,14,24H,2-4,7-9,11-13H2,1H3,(H2,20,21,26)/t14-/m0/s1. The van der Waals surface area contributed by atoms with Crippen LogP contribution in [0.5, 0.6) is 5.75 Å². The second-order valence-electron chi connectivity index (χ2n) is 7.15. The van der Waals surface area contributed by atoms with E-state index in [2.05, 4.69) is 15.5 Å². The van der Waals surface area contributed by atoms with Gasteiger partial charge in [0.15, 0.2) is 6.61 Å². The topological polar surface area (TPSA) is 94.1 Å². The lowest BCUT2D eigenvalue weighted by Crippen LogP contribution is -2.39. The summed E-state index contributed by atoms with van der Waals surface area (Å²) in [6.07, 6.45) is 3.09. The molecule has 1 saturated heterocycles. The fraction of sp³-hybridized carbons (Fsp3) is 0.579. The van der Waals surface area contributed by atoms with Crippen LogP contribution in [-0.4, -0.2) is 68.4 Å². The first-order valence-electron chi connectivity index (χ1n) is 9.48. The van der Waals surface area contributed by atoms with Crippen LogP contribution < -0.4 is 20.3 Å². The van der Waals surface area contributed by atoms with Gasteiger partial charge in [-0.2, -0.15) is 0 Å². The normalized spacial score (nSPS) is 20.0. The number of rotatable bonds is 6. The third-order valence-corrected chi connectivity index (χ3v) is 5.10. The Morgan fingerprint density at radius 1 is 1.41 bits per heavy atom. The minimum Gasteiger partial charge on any atom is -0.481 e. The summed E-state index contributed by atoms with van der Waals surface area (Å²) in [5.41, 5.74) is 1.32. The van der Waals surface area contributed by atoms with Gasteiger partial charge in [-0.1, -0.05) is 0 Å². The fourth-order valence-electron chi connectivity index (χ4n) is 3.54. The number of hydrogen-bond donors (Lipinski definition) is 3. The molecule has 0 aromatic heterocycles. The number of ether oxygens (including phenoxy) is 1. The number of amides is 3. The van der Waals surface area contributed by atoms with Crippen LogP contribution in [0.4, 0.5) is 16.2 Å². The Balaban J connectivity index is 1.40. The van der Waals surface area contributed by atoms with Gasteiger partial charge in [0.05, 0.1) is 5.69 Å². The molecule has 1 aromatic carbocycles. The Morgan fingerprint density at radius 3 is 3.07 bits per heavy atom. The van der Waals surface area contributed by atoms with E-state index < -0.39 is 0 Å². The van der Waals surface area contributed by atoms with E-state index in [9.17, 15) is 14.7 Å². The van der Waals surface area contributed by atoms with Crippen molar-refractivity contribution >= 4 is 23.3 Å². The van der Waals surface area contributed by atoms with Crippen molar-refractivity contribution in [3.05, 3.63) is 18.2 Å². The third kappa shape index (κ3) is 5.11. The van der Waals surface area contributed by atoms with E-state index >= 15 is 0 Å². The van der Waals surface area contributed by atoms with Crippen LogP contribution in [0.3, 0.4) is 0 Å². The van der Waals surface area contributed by atoms with Crippen molar-refractivity contribution in [1.82, 2.24) is 10.2 Å². The van der Waals surface area contributed by atoms with Crippen LogP contribution in [0.1, 0.15) is 19.3 Å². The zero-order valence-corrected chi connectivity index (χ0v) is 15.7. The van der Waals surface area contributed by atoms with Gasteiger partial charge in [-0.05, 0) is 50.4 Å². The molecule has 1 aromatic rings. The number of nitrogens with one attached hydrogen (secondary N) is 2. The maximum atomic E-state index is 12.1. The maximum Gasteiger partial charge on any atom is 0.319 e. The molecule has 3 amide bonds. The van der Waals surface area contributed by atoms with Gasteiger partial charge < -0.3 is 30.3 Å². The zero-order chi connectivity index (χ0) is 19.2. The van der Waals surface area contributed by atoms with E-state index in [1.165, 1.54) is 0 Å². The highest BCUT2D eigenvalue weighted by molar-refractivity contribution is 5.98. The number of aliphatic hydroxyl groups excluding tert-OH is 1. The van der Waals surface area contributed by atoms with Crippen LogP contribution in [-0.2, 0) is 4.79 Å². The second-order valence-corrected chi connectivity index (χ2v) is 7.15. The fourth-order valence-corrected chi connectivity index (χ4v) is 3.54. The number of anilines is 2. The van der Waals surface area contributed by atoms with Crippen molar-refractivity contribution in [2.24, 2.45) is 5.92 Å². The molecule has 0 saturated carbocycles. The van der Waals surface area contributed by atoms with Crippen molar-refractivity contribution in [3.63, 3.8) is 0 Å². The van der Waals surface area contributed by atoms with Gasteiger partial charge in [0.2, 0.25) is 0 Å². The van der Waals surface area contributed by atoms with Crippen LogP contribution in [0.15, 0.2) is 18.2 Å². The molecule has 2 aliphatic rings. The number of aliphatic hydroxyl groups is 1. The lowest BCUT2D eigenvalue weighted by atomic mass is 9.99. The number of likely N-dealkylation sites (tertiary alicyclic amines) is 1. The number of urea groups is 1. The smallest absolute Gasteiger partial charge is 0.319 e. The predicted octanol–water partition coefficient (Wildman–Crippen LogP) is 1.26. The largest absolute Gasteiger partial charge is 0.481 e. The Kier molecular flexibility index (Phi) is 6.52. The molecular weight excluding hydrogens is 348 g/mol. The van der Waals surface area contributed by atoms with Crippen LogP contribution in [0.2, 0.25) is 0 Å². The molecule has 0 aliphatic carbocycles. The number of hydrogen-bond acceptors (Lipinski definition) is 5. The van der Waals surface area contributed by atoms with Gasteiger partial charge in [-0.15, -0.1) is 0 Å². The van der Waals surface area contributed by atoms with E-state index in [-0.39, 0.29) is 25.2 Å². The minimum absolute atomic E-state index is 0.00673. The Labute approximate surface area is 159 Å². The Hall–Kier alpha value is -2.32. The monoisotopic (exact) mass is 376 g/mol. The quantitative estimate of drug-likeness (QED) is 0.650. The SMILES string of the molecule is CN1C(=O)COc2cc(NC(=O)NCCCN3CCC[C@H](CO)C3)ccc21. The summed E-state index contributed by atoms with van der Waals surface area (Å²) in [6, 6.07) is 4.97. The molecule has 0 unspecified atom stereocenters. The molecule has 8 heteroatoms. The van der Waals surface area contributed by atoms with Gasteiger partial charge in [-0.3, -0.25) is 4.79 Å². The number of fused-ring (bicyclic) bond motifs is 1. The molecule has 3 N–H and O–H groups in total. The summed E-state index contributed by atoms with van der Waals surface area (Å²) in [4.78, 5) is 27.6. The Morgan fingerprint density at radius 2 is 2.26 bits per heavy atom. The maximum absolute atomic E-state index is 12.1. The first-order valence-corrected chi connectivity index (χ1v) is 9.48. The molecule has 8 nitrogen and oxygen atoms in total. The summed E-state index contributed by atoms with van der Waals surface area (Å²) < 4.78 is 5.43. The average Bonchev–Trinajstić information content (AvgIpc) is 2.68. The van der Waals surface area contributed by atoms with Crippen molar-refractivity contribution in [1.29, 1.82) is 0 Å². The number of nitrogens with zero attached hydrogens (tertiary/aromatic N) is 2. The van der Waals surface area contributed by atoms with E-state index in [0.29, 0.717) is 29.6 Å². The number of carbonyl (C=O) groups is 2. The first-order chi connectivity index (χ1) is 13.1. The number of carbonyl (C=O) groups excluding carboxylic acids is 2. The third-order valence-electron chi connectivity index (χ3n) is 5.10. The first kappa shape index (κ1) is 19.4. The zero-order valence-electron chi connectivity index (χ0n) is 15.7. The van der Waals surface area contributed by atoms with Gasteiger partial charge in [0.25, 0.3) is 5.91 Å². The van der Waals surface area contributed by atoms with Crippen LogP contribution in [0, 0.1) is 5.92 Å². The molecule has 0 radical (unpaired) electrons. The highest BCUT2D eigenvalue weighted by Gasteiger charge is 2.22. The molecule has 2 aliphatic heterocycles. The summed E-state index contributed by atoms with van der Waals surface area (Å²) in [5, 5.41) is 14.9. The molecule has 148 valence electrons. The minimum atomic E-state index is -0.262. The van der Waals surface area contributed by atoms with Gasteiger partial charge >= 0.3 is 6.03 Å². The highest BCUT2D eigenvalue weighted by atomic mass is 16.5. The van der Waals surface area contributed by atoms with E-state index in [1.807, 2.05) is 0 Å². The van der Waals surface area contributed by atoms with Crippen molar-refractivity contribution in [3.8, 4) is 5.75 Å². The highest BCUT2D eigenvalue weighted by Crippen LogP contribution is 2.33. The molecular formula is C19H28N4O4. The molecule has 1 fully saturated rings. The van der Waals surface area contributed by atoms with Crippen LogP contribution in [0.25, 0.3) is 0 Å². The van der Waals surface area contributed by atoms with E-state index in [0.717, 1.165) is 38.9 Å². The summed E-state index contributed by atoms with van der Waals surface area (Å²) in [7, 11) is 1.70. The van der Waals surface area contributed by atoms with Gasteiger partial charge in [0, 0.05) is 38.5 Å². The number of piperidine rings is 1. The predicted molar refractivity (Wildman–Crippen MR) is 103 cm³/mol. The lowest BCUT2D eigenvalue weighted by Gasteiger charge is -2.31. The molecule has 1 atom stereocenters. The summed E-state index contributed by atoms with van der Waals surface area (Å²) >= 11 is 0. The average molecular weight is 376 g/mol. The van der Waals surface area contributed by atoms with E-state index in [4.69, 9.17) is 4.74 Å².